The van der Waals surface area contributed by atoms with Gasteiger partial charge in [-0.3, -0.25) is 0 Å². The van der Waals surface area contributed by atoms with Crippen molar-refractivity contribution in [2.45, 2.75) is 20.3 Å². The standard InChI is InChI=1S/C14H20N2O3/c1-3-15-10-9-11-7-5-6-8-12(11)13(14(17)18)16-19-4-2/h5-8,15H,3-4,9-10H2,1-2H3,(H,17,18). The highest BCUT2D eigenvalue weighted by molar-refractivity contribution is 6.42. The van der Waals surface area contributed by atoms with E-state index >= 15 is 0 Å². The molecule has 0 spiro atoms. The molecule has 1 aromatic rings. The Morgan fingerprint density at radius 2 is 2.11 bits per heavy atom. The maximum Gasteiger partial charge on any atom is 0.358 e. The van der Waals surface area contributed by atoms with Crippen LogP contribution in [0.3, 0.4) is 0 Å². The van der Waals surface area contributed by atoms with E-state index in [0.29, 0.717) is 12.2 Å². The highest BCUT2D eigenvalue weighted by atomic mass is 16.6. The molecule has 0 amide bonds. The van der Waals surface area contributed by atoms with Gasteiger partial charge < -0.3 is 15.3 Å². The van der Waals surface area contributed by atoms with Crippen molar-refractivity contribution in [1.82, 2.24) is 5.32 Å². The van der Waals surface area contributed by atoms with E-state index in [1.807, 2.05) is 19.1 Å². The SMILES string of the molecule is CCNCCc1ccccc1C(=NOCC)C(=O)O. The highest BCUT2D eigenvalue weighted by Gasteiger charge is 2.16. The predicted octanol–water partition coefficient (Wildman–Crippen LogP) is 1.66. The molecule has 0 unspecified atom stereocenters. The minimum atomic E-state index is -1.08. The Labute approximate surface area is 113 Å². The Morgan fingerprint density at radius 1 is 1.37 bits per heavy atom. The number of hydrogen-bond donors (Lipinski definition) is 2. The van der Waals surface area contributed by atoms with Crippen LogP contribution >= 0.6 is 0 Å². The van der Waals surface area contributed by atoms with Gasteiger partial charge in [0.2, 0.25) is 0 Å². The van der Waals surface area contributed by atoms with Gasteiger partial charge in [0, 0.05) is 5.56 Å². The molecule has 0 radical (unpaired) electrons. The van der Waals surface area contributed by atoms with Gasteiger partial charge in [0.15, 0.2) is 5.71 Å². The third kappa shape index (κ3) is 4.71. The zero-order chi connectivity index (χ0) is 14.1. The topological polar surface area (TPSA) is 70.9 Å². The molecule has 0 aromatic heterocycles. The molecule has 0 bridgehead atoms. The Bertz CT molecular complexity index is 444. The molecule has 0 heterocycles. The van der Waals surface area contributed by atoms with Gasteiger partial charge in [-0.2, -0.15) is 0 Å². The van der Waals surface area contributed by atoms with Crippen LogP contribution in [-0.4, -0.2) is 36.5 Å². The van der Waals surface area contributed by atoms with Gasteiger partial charge in [0.1, 0.15) is 6.61 Å². The van der Waals surface area contributed by atoms with Gasteiger partial charge in [-0.25, -0.2) is 4.79 Å². The Morgan fingerprint density at radius 3 is 2.74 bits per heavy atom. The summed E-state index contributed by atoms with van der Waals surface area (Å²) in [6.07, 6.45) is 0.752. The van der Waals surface area contributed by atoms with E-state index in [4.69, 9.17) is 4.84 Å². The number of likely N-dealkylation sites (N-methyl/N-ethyl adjacent to an activating group) is 1. The lowest BCUT2D eigenvalue weighted by Crippen LogP contribution is -2.20. The average Bonchev–Trinajstić information content (AvgIpc) is 2.40. The van der Waals surface area contributed by atoms with Crippen LogP contribution in [-0.2, 0) is 16.1 Å². The van der Waals surface area contributed by atoms with Crippen LogP contribution in [0.1, 0.15) is 25.0 Å². The summed E-state index contributed by atoms with van der Waals surface area (Å²) < 4.78 is 0. The number of hydrogen-bond acceptors (Lipinski definition) is 4. The second kappa shape index (κ2) is 8.26. The van der Waals surface area contributed by atoms with Gasteiger partial charge in [-0.15, -0.1) is 0 Å². The first-order valence-electron chi connectivity index (χ1n) is 6.42. The summed E-state index contributed by atoms with van der Waals surface area (Å²) in [7, 11) is 0. The first-order valence-corrected chi connectivity index (χ1v) is 6.42. The molecule has 19 heavy (non-hydrogen) atoms. The number of oxime groups is 1. The number of aliphatic carboxylic acids is 1. The molecule has 0 fully saturated rings. The summed E-state index contributed by atoms with van der Waals surface area (Å²) in [6, 6.07) is 7.37. The number of rotatable bonds is 8. The van der Waals surface area contributed by atoms with E-state index in [1.54, 1.807) is 19.1 Å². The molecule has 1 aromatic carbocycles. The van der Waals surface area contributed by atoms with Crippen LogP contribution < -0.4 is 5.32 Å². The van der Waals surface area contributed by atoms with E-state index in [9.17, 15) is 9.90 Å². The zero-order valence-corrected chi connectivity index (χ0v) is 11.3. The van der Waals surface area contributed by atoms with Crippen LogP contribution in [0.5, 0.6) is 0 Å². The van der Waals surface area contributed by atoms with Crippen molar-refractivity contribution in [3.05, 3.63) is 35.4 Å². The summed E-state index contributed by atoms with van der Waals surface area (Å²) >= 11 is 0. The van der Waals surface area contributed by atoms with Crippen molar-refractivity contribution >= 4 is 11.7 Å². The van der Waals surface area contributed by atoms with E-state index in [2.05, 4.69) is 10.5 Å². The van der Waals surface area contributed by atoms with Gasteiger partial charge in [0.05, 0.1) is 0 Å². The normalized spacial score (nSPS) is 11.4. The van der Waals surface area contributed by atoms with Gasteiger partial charge in [-0.05, 0) is 32.0 Å². The van der Waals surface area contributed by atoms with E-state index in [0.717, 1.165) is 25.1 Å². The fourth-order valence-corrected chi connectivity index (χ4v) is 1.70. The summed E-state index contributed by atoms with van der Waals surface area (Å²) in [5.41, 5.74) is 1.51. The van der Waals surface area contributed by atoms with E-state index in [-0.39, 0.29) is 5.71 Å². The fourth-order valence-electron chi connectivity index (χ4n) is 1.70. The lowest BCUT2D eigenvalue weighted by molar-refractivity contribution is -0.129. The summed E-state index contributed by atoms with van der Waals surface area (Å²) in [5.74, 6) is -1.08. The minimum absolute atomic E-state index is 0.0473. The second-order valence-electron chi connectivity index (χ2n) is 3.92. The first-order chi connectivity index (χ1) is 9.20. The van der Waals surface area contributed by atoms with Gasteiger partial charge >= 0.3 is 5.97 Å². The van der Waals surface area contributed by atoms with Crippen molar-refractivity contribution in [2.24, 2.45) is 5.16 Å². The molecule has 1 rings (SSSR count). The van der Waals surface area contributed by atoms with Crippen LogP contribution in [0.15, 0.2) is 29.4 Å². The number of nitrogens with zero attached hydrogens (tertiary/aromatic N) is 1. The van der Waals surface area contributed by atoms with Crippen LogP contribution in [0.2, 0.25) is 0 Å². The van der Waals surface area contributed by atoms with Crippen molar-refractivity contribution in [3.63, 3.8) is 0 Å². The Hall–Kier alpha value is -1.88. The predicted molar refractivity (Wildman–Crippen MR) is 74.5 cm³/mol. The highest BCUT2D eigenvalue weighted by Crippen LogP contribution is 2.11. The Balaban J connectivity index is 2.98. The first kappa shape index (κ1) is 15.2. The maximum absolute atomic E-state index is 11.3. The van der Waals surface area contributed by atoms with Crippen molar-refractivity contribution < 1.29 is 14.7 Å². The molecule has 0 aliphatic carbocycles. The molecule has 0 saturated heterocycles. The van der Waals surface area contributed by atoms with Crippen LogP contribution in [0, 0.1) is 0 Å². The summed E-state index contributed by atoms with van der Waals surface area (Å²) in [6.45, 7) is 5.83. The maximum atomic E-state index is 11.3. The fraction of sp³-hybridized carbons (Fsp3) is 0.429. The number of carboxylic acid groups (broad SMARTS) is 1. The van der Waals surface area contributed by atoms with Crippen LogP contribution in [0.4, 0.5) is 0 Å². The molecule has 0 aliphatic heterocycles. The number of nitrogens with one attached hydrogen (secondary N) is 1. The van der Waals surface area contributed by atoms with Gasteiger partial charge in [0.25, 0.3) is 0 Å². The second-order valence-corrected chi connectivity index (χ2v) is 3.92. The molecular weight excluding hydrogens is 244 g/mol. The van der Waals surface area contributed by atoms with E-state index in [1.165, 1.54) is 0 Å². The monoisotopic (exact) mass is 264 g/mol. The molecule has 0 aliphatic rings. The molecule has 0 atom stereocenters. The minimum Gasteiger partial charge on any atom is -0.476 e. The number of carboxylic acids is 1. The Kier molecular flexibility index (Phi) is 6.60. The third-order valence-corrected chi connectivity index (χ3v) is 2.58. The molecule has 0 saturated carbocycles. The third-order valence-electron chi connectivity index (χ3n) is 2.58. The number of benzene rings is 1. The van der Waals surface area contributed by atoms with Crippen molar-refractivity contribution in [3.8, 4) is 0 Å². The molecule has 2 N–H and O–H groups in total. The average molecular weight is 264 g/mol. The summed E-state index contributed by atoms with van der Waals surface area (Å²) in [5, 5.41) is 16.1. The molecule has 104 valence electrons. The largest absolute Gasteiger partial charge is 0.476 e. The number of carbonyl (C=O) groups is 1. The quantitative estimate of drug-likeness (QED) is 0.425. The van der Waals surface area contributed by atoms with Crippen molar-refractivity contribution in [1.29, 1.82) is 0 Å². The zero-order valence-electron chi connectivity index (χ0n) is 11.3. The lowest BCUT2D eigenvalue weighted by atomic mass is 10.0. The lowest BCUT2D eigenvalue weighted by Gasteiger charge is -2.09. The van der Waals surface area contributed by atoms with Crippen LogP contribution in [0.25, 0.3) is 0 Å². The molecular formula is C14H20N2O3. The van der Waals surface area contributed by atoms with Gasteiger partial charge in [-0.1, -0.05) is 36.3 Å². The van der Waals surface area contributed by atoms with Crippen molar-refractivity contribution in [2.75, 3.05) is 19.7 Å². The summed E-state index contributed by atoms with van der Waals surface area (Å²) in [4.78, 5) is 16.1. The molecule has 5 heteroatoms. The van der Waals surface area contributed by atoms with E-state index < -0.39 is 5.97 Å². The molecule has 5 nitrogen and oxygen atoms in total. The smallest absolute Gasteiger partial charge is 0.358 e.